The van der Waals surface area contributed by atoms with Crippen LogP contribution in [0, 0.1) is 0 Å². The molecule has 0 bridgehead atoms. The first-order chi connectivity index (χ1) is 59.0. The monoisotopic (exact) mass is 1610 g/mol. The van der Waals surface area contributed by atoms with Gasteiger partial charge in [0.15, 0.2) is 0 Å². The van der Waals surface area contributed by atoms with Crippen LogP contribution in [0.15, 0.2) is 146 Å². The van der Waals surface area contributed by atoms with E-state index in [1.165, 1.54) is 34.1 Å². The summed E-state index contributed by atoms with van der Waals surface area (Å²) in [4.78, 5) is 50.4. The SMILES string of the molecule is CCCCN(CCCC)c1ccc(/C=C/c2nc3c4nc(/C=C/c5ccc(N(CCCC)CCCC)cc5)c(/C=C/c5ccc(N(CCCC)CCCC)cc5)nc4c4nc(/C=C/c5ccc(N(CCCC)CCCC)cc5)c(/C=C/c5ccc(N(CCCC)CCCC)cc5)nc4c3nc2/C=C/c2ccc(N(CCCC)CCCC)cc2)cc1. The molecule has 0 unspecified atom stereocenters. The lowest BCUT2D eigenvalue weighted by Gasteiger charge is -2.24. The van der Waals surface area contributed by atoms with E-state index in [0.717, 1.165) is 266 Å². The summed E-state index contributed by atoms with van der Waals surface area (Å²) in [5.41, 5.74) is 21.7. The summed E-state index contributed by atoms with van der Waals surface area (Å²) in [5.74, 6) is 0. The minimum atomic E-state index is 0.592. The smallest absolute Gasteiger partial charge is 0.120 e. The molecule has 0 atom stereocenters. The zero-order valence-electron chi connectivity index (χ0n) is 75.6. The predicted octanol–water partition coefficient (Wildman–Crippen LogP) is 29.0. The molecule has 0 radical (unpaired) electrons. The second-order valence-electron chi connectivity index (χ2n) is 32.8. The molecule has 120 heavy (non-hydrogen) atoms. The van der Waals surface area contributed by atoms with Gasteiger partial charge in [-0.25, -0.2) is 29.9 Å². The van der Waals surface area contributed by atoms with Crippen LogP contribution in [0.1, 0.15) is 305 Å². The Kier molecular flexibility index (Phi) is 39.0. The van der Waals surface area contributed by atoms with E-state index in [9.17, 15) is 0 Å². The molecule has 3 aromatic heterocycles. The third-order valence-electron chi connectivity index (χ3n) is 23.1. The highest BCUT2D eigenvalue weighted by atomic mass is 15.2. The van der Waals surface area contributed by atoms with Gasteiger partial charge in [0.2, 0.25) is 0 Å². The molecule has 0 aliphatic carbocycles. The molecule has 0 N–H and O–H groups in total. The average Bonchev–Trinajstić information content (AvgIpc) is 0.723. The van der Waals surface area contributed by atoms with Crippen molar-refractivity contribution in [1.82, 2.24) is 29.9 Å². The Hall–Kier alpha value is -10.2. The first-order valence-corrected chi connectivity index (χ1v) is 46.9. The van der Waals surface area contributed by atoms with Crippen LogP contribution in [0.4, 0.5) is 34.1 Å². The van der Waals surface area contributed by atoms with E-state index < -0.39 is 0 Å². The minimum Gasteiger partial charge on any atom is -0.372 e. The van der Waals surface area contributed by atoms with Crippen LogP contribution in [0.2, 0.25) is 0 Å². The number of aromatic nitrogens is 6. The van der Waals surface area contributed by atoms with E-state index in [2.05, 4.69) is 331 Å². The van der Waals surface area contributed by atoms with E-state index in [4.69, 9.17) is 29.9 Å². The topological polar surface area (TPSA) is 96.8 Å². The third-order valence-corrected chi connectivity index (χ3v) is 23.1. The molecular formula is C108H144N12. The lowest BCUT2D eigenvalue weighted by molar-refractivity contribution is 0.678. The number of anilines is 6. The van der Waals surface area contributed by atoms with Gasteiger partial charge in [0.1, 0.15) is 33.1 Å². The number of nitrogens with zero attached hydrogens (tertiary/aromatic N) is 12. The maximum absolute atomic E-state index is 5.86. The van der Waals surface area contributed by atoms with Crippen LogP contribution in [0.3, 0.4) is 0 Å². The molecule has 0 fully saturated rings. The number of unbranched alkanes of at least 4 members (excludes halogenated alkanes) is 12. The molecule has 0 spiro atoms. The van der Waals surface area contributed by atoms with Gasteiger partial charge in [-0.15, -0.1) is 0 Å². The van der Waals surface area contributed by atoms with Crippen molar-refractivity contribution in [2.45, 2.75) is 237 Å². The Balaban J connectivity index is 1.25. The Bertz CT molecular complexity index is 3970. The lowest BCUT2D eigenvalue weighted by Crippen LogP contribution is -2.25. The van der Waals surface area contributed by atoms with Crippen molar-refractivity contribution in [3.63, 3.8) is 0 Å². The molecule has 12 nitrogen and oxygen atoms in total. The standard InChI is InChI=1S/C108H144N12/c1-13-25-73-115(74-26-14-2)91-55-37-85(38-56-91)49-67-97-98(68-50-86-39-57-92(58-40-86)116(75-27-15-3)76-28-16-4)110-104-103(109-97)105-107(113-100(70-52-88-43-61-94(62-44-88)118(79-31-19-7)80-32-20-8)99(111-105)69-51-87-41-59-93(60-42-87)117(77-29-17-5)78-30-18-6)108-106(104)112-101(71-53-89-45-63-95(64-46-89)119(81-33-21-9)82-34-22-10)102(114-108)72-54-90-47-65-96(66-48-90)120(83-35-23-11)84-36-24-12/h37-72H,13-36,73-84H2,1-12H3/b67-49+,68-50+,69-51+,70-52+,71-53+,72-54+. The molecule has 10 rings (SSSR count). The second-order valence-corrected chi connectivity index (χ2v) is 32.8. The van der Waals surface area contributed by atoms with Crippen LogP contribution >= 0.6 is 0 Å². The summed E-state index contributed by atoms with van der Waals surface area (Å²) >= 11 is 0. The van der Waals surface area contributed by atoms with Crippen molar-refractivity contribution in [2.75, 3.05) is 108 Å². The van der Waals surface area contributed by atoms with Crippen LogP contribution in [0.25, 0.3) is 106 Å². The number of hydrogen-bond acceptors (Lipinski definition) is 12. The van der Waals surface area contributed by atoms with E-state index in [-0.39, 0.29) is 0 Å². The average molecular weight is 1610 g/mol. The highest BCUT2D eigenvalue weighted by Gasteiger charge is 2.23. The van der Waals surface area contributed by atoms with Crippen molar-refractivity contribution in [2.24, 2.45) is 0 Å². The van der Waals surface area contributed by atoms with Crippen molar-refractivity contribution < 1.29 is 0 Å². The van der Waals surface area contributed by atoms with Gasteiger partial charge in [-0.2, -0.15) is 0 Å². The van der Waals surface area contributed by atoms with E-state index in [0.29, 0.717) is 67.3 Å². The number of rotatable bonds is 54. The summed E-state index contributed by atoms with van der Waals surface area (Å²) in [6.07, 6.45) is 53.7. The minimum absolute atomic E-state index is 0.592. The molecule has 0 saturated carbocycles. The van der Waals surface area contributed by atoms with Gasteiger partial charge in [0.05, 0.1) is 34.2 Å². The fourth-order valence-electron chi connectivity index (χ4n) is 15.3. The Labute approximate surface area is 723 Å². The first-order valence-electron chi connectivity index (χ1n) is 46.9. The summed E-state index contributed by atoms with van der Waals surface area (Å²) in [6, 6.07) is 54.3. The summed E-state index contributed by atoms with van der Waals surface area (Å²) < 4.78 is 0. The lowest BCUT2D eigenvalue weighted by atomic mass is 10.1. The molecule has 7 aromatic carbocycles. The van der Waals surface area contributed by atoms with Gasteiger partial charge in [0, 0.05) is 113 Å². The summed E-state index contributed by atoms with van der Waals surface area (Å²) in [6.45, 7) is 39.9. The first kappa shape index (κ1) is 92.1. The quantitative estimate of drug-likeness (QED) is 0.0340. The van der Waals surface area contributed by atoms with Crippen LogP contribution in [-0.4, -0.2) is 108 Å². The van der Waals surface area contributed by atoms with Crippen molar-refractivity contribution in [1.29, 1.82) is 0 Å². The zero-order chi connectivity index (χ0) is 84.5. The Morgan fingerprint density at radius 2 is 0.267 bits per heavy atom. The number of benzene rings is 7. The van der Waals surface area contributed by atoms with Crippen molar-refractivity contribution in [3.05, 3.63) is 213 Å². The van der Waals surface area contributed by atoms with E-state index >= 15 is 0 Å². The Morgan fingerprint density at radius 3 is 0.367 bits per heavy atom. The van der Waals surface area contributed by atoms with E-state index in [1.807, 2.05) is 0 Å². The maximum atomic E-state index is 5.86. The molecule has 0 aliphatic heterocycles. The van der Waals surface area contributed by atoms with Gasteiger partial charge >= 0.3 is 0 Å². The highest BCUT2D eigenvalue weighted by Crippen LogP contribution is 2.36. The molecule has 636 valence electrons. The third kappa shape index (κ3) is 27.4. The van der Waals surface area contributed by atoms with Gasteiger partial charge in [-0.3, -0.25) is 0 Å². The van der Waals surface area contributed by atoms with Gasteiger partial charge < -0.3 is 29.4 Å². The molecule has 10 aromatic rings. The number of hydrogen-bond donors (Lipinski definition) is 0. The fraction of sp³-hybridized carbons (Fsp3) is 0.444. The number of fused-ring (bicyclic) bond motifs is 6. The normalized spacial score (nSPS) is 12.0. The van der Waals surface area contributed by atoms with Crippen molar-refractivity contribution >= 4 is 140 Å². The summed E-state index contributed by atoms with van der Waals surface area (Å²) in [7, 11) is 0. The fourth-order valence-corrected chi connectivity index (χ4v) is 15.3. The predicted molar refractivity (Wildman–Crippen MR) is 530 cm³/mol. The molecule has 0 saturated heterocycles. The molecule has 0 aliphatic rings. The van der Waals surface area contributed by atoms with Crippen LogP contribution in [0.5, 0.6) is 0 Å². The summed E-state index contributed by atoms with van der Waals surface area (Å²) in [5, 5.41) is 0. The van der Waals surface area contributed by atoms with Crippen LogP contribution < -0.4 is 29.4 Å². The Morgan fingerprint density at radius 1 is 0.158 bits per heavy atom. The van der Waals surface area contributed by atoms with Gasteiger partial charge in [-0.05, 0) is 220 Å². The maximum Gasteiger partial charge on any atom is 0.120 e. The molecule has 0 amide bonds. The van der Waals surface area contributed by atoms with Crippen molar-refractivity contribution in [3.8, 4) is 0 Å². The molecule has 3 heterocycles. The largest absolute Gasteiger partial charge is 0.372 e. The molecule has 12 heteroatoms. The van der Waals surface area contributed by atoms with Crippen LogP contribution in [-0.2, 0) is 0 Å². The second kappa shape index (κ2) is 50.8. The van der Waals surface area contributed by atoms with Gasteiger partial charge in [-0.1, -0.05) is 269 Å². The van der Waals surface area contributed by atoms with E-state index in [1.54, 1.807) is 0 Å². The highest BCUT2D eigenvalue weighted by molar-refractivity contribution is 6.19. The molecular weight excluding hydrogens is 1470 g/mol. The van der Waals surface area contributed by atoms with Gasteiger partial charge in [0.25, 0.3) is 0 Å². The zero-order valence-corrected chi connectivity index (χ0v) is 75.6.